The van der Waals surface area contributed by atoms with Crippen LogP contribution < -0.4 is 10.2 Å². The Labute approximate surface area is 128 Å². The van der Waals surface area contributed by atoms with Crippen LogP contribution in [0.5, 0.6) is 0 Å². The molecule has 1 saturated carbocycles. The van der Waals surface area contributed by atoms with Crippen LogP contribution in [0.25, 0.3) is 0 Å². The zero-order valence-electron chi connectivity index (χ0n) is 12.2. The number of nitrogens with zero attached hydrogens (tertiary/aromatic N) is 2. The van der Waals surface area contributed by atoms with Gasteiger partial charge in [-0.25, -0.2) is 4.98 Å². The second-order valence-electron chi connectivity index (χ2n) is 5.22. The van der Waals surface area contributed by atoms with E-state index in [9.17, 15) is 0 Å². The summed E-state index contributed by atoms with van der Waals surface area (Å²) in [5, 5.41) is 4.45. The molecule has 21 heavy (non-hydrogen) atoms. The third-order valence-electron chi connectivity index (χ3n) is 3.46. The monoisotopic (exact) mass is 307 g/mol. The third kappa shape index (κ3) is 4.06. The van der Waals surface area contributed by atoms with Gasteiger partial charge in [-0.3, -0.25) is 0 Å². The fraction of sp³-hybridized carbons (Fsp3) is 0.533. The second-order valence-corrected chi connectivity index (χ2v) is 6.31. The van der Waals surface area contributed by atoms with E-state index >= 15 is 0 Å². The zero-order chi connectivity index (χ0) is 14.5. The summed E-state index contributed by atoms with van der Waals surface area (Å²) in [6.45, 7) is 3.25. The molecule has 3 rings (SSSR count). The fourth-order valence-corrected chi connectivity index (χ4v) is 3.16. The van der Waals surface area contributed by atoms with Crippen LogP contribution in [0.3, 0.4) is 0 Å². The van der Waals surface area contributed by atoms with Gasteiger partial charge in [0.15, 0.2) is 5.13 Å². The topological polar surface area (TPSA) is 50.5 Å². The standard InChI is InChI=1S/C15H21N3O2S/c1-19-8-6-16-9-14-10-17-15(21-14)18(12-4-5-12)11-13-3-2-7-20-13/h2-3,7,10,12,16H,4-6,8-9,11H2,1H3. The van der Waals surface area contributed by atoms with E-state index in [2.05, 4.69) is 15.2 Å². The van der Waals surface area contributed by atoms with Crippen molar-refractivity contribution in [2.24, 2.45) is 0 Å². The Morgan fingerprint density at radius 1 is 1.52 bits per heavy atom. The molecule has 1 fully saturated rings. The maximum absolute atomic E-state index is 5.47. The molecular formula is C15H21N3O2S. The average Bonchev–Trinajstić information content (AvgIpc) is 3.01. The van der Waals surface area contributed by atoms with Crippen molar-refractivity contribution >= 4 is 16.5 Å². The Kier molecular flexibility index (Phi) is 4.90. The number of furan rings is 1. The summed E-state index contributed by atoms with van der Waals surface area (Å²) in [6, 6.07) is 4.58. The summed E-state index contributed by atoms with van der Waals surface area (Å²) in [4.78, 5) is 8.21. The molecule has 6 heteroatoms. The summed E-state index contributed by atoms with van der Waals surface area (Å²) < 4.78 is 10.5. The number of thiazole rings is 1. The van der Waals surface area contributed by atoms with Gasteiger partial charge in [0.05, 0.1) is 19.4 Å². The Bertz CT molecular complexity index is 537. The molecule has 0 aromatic carbocycles. The zero-order valence-corrected chi connectivity index (χ0v) is 13.1. The van der Waals surface area contributed by atoms with Crippen molar-refractivity contribution in [3.63, 3.8) is 0 Å². The van der Waals surface area contributed by atoms with E-state index in [-0.39, 0.29) is 0 Å². The highest BCUT2D eigenvalue weighted by Gasteiger charge is 2.31. The van der Waals surface area contributed by atoms with Gasteiger partial charge in [-0.2, -0.15) is 0 Å². The first-order valence-electron chi connectivity index (χ1n) is 7.30. The predicted molar refractivity (Wildman–Crippen MR) is 83.6 cm³/mol. The maximum Gasteiger partial charge on any atom is 0.186 e. The number of methoxy groups -OCH3 is 1. The third-order valence-corrected chi connectivity index (χ3v) is 4.50. The van der Waals surface area contributed by atoms with Crippen LogP contribution in [0.2, 0.25) is 0 Å². The molecule has 2 aromatic heterocycles. The van der Waals surface area contributed by atoms with Gasteiger partial charge in [-0.15, -0.1) is 11.3 Å². The summed E-state index contributed by atoms with van der Waals surface area (Å²) in [5.41, 5.74) is 0. The average molecular weight is 307 g/mol. The van der Waals surface area contributed by atoms with E-state index in [1.807, 2.05) is 18.3 Å². The van der Waals surface area contributed by atoms with Crippen LogP contribution in [0, 0.1) is 0 Å². The molecule has 0 amide bonds. The molecule has 0 aliphatic heterocycles. The molecule has 0 radical (unpaired) electrons. The van der Waals surface area contributed by atoms with E-state index in [0.29, 0.717) is 6.04 Å². The molecular weight excluding hydrogens is 286 g/mol. The first-order chi connectivity index (χ1) is 10.4. The van der Waals surface area contributed by atoms with Crippen molar-refractivity contribution in [1.29, 1.82) is 0 Å². The molecule has 0 bridgehead atoms. The summed E-state index contributed by atoms with van der Waals surface area (Å²) in [6.07, 6.45) is 6.20. The van der Waals surface area contributed by atoms with Crippen molar-refractivity contribution in [3.05, 3.63) is 35.2 Å². The minimum absolute atomic E-state index is 0.621. The smallest absolute Gasteiger partial charge is 0.186 e. The number of ether oxygens (including phenoxy) is 1. The van der Waals surface area contributed by atoms with Gasteiger partial charge < -0.3 is 19.4 Å². The van der Waals surface area contributed by atoms with Crippen LogP contribution in [0.4, 0.5) is 5.13 Å². The number of anilines is 1. The van der Waals surface area contributed by atoms with Gasteiger partial charge >= 0.3 is 0 Å². The summed E-state index contributed by atoms with van der Waals surface area (Å²) >= 11 is 1.76. The van der Waals surface area contributed by atoms with Gasteiger partial charge in [0, 0.05) is 37.3 Å². The van der Waals surface area contributed by atoms with Crippen LogP contribution in [-0.4, -0.2) is 31.3 Å². The number of rotatable bonds is 9. The SMILES string of the molecule is COCCNCc1cnc(N(Cc2ccco2)C2CC2)s1. The molecule has 0 unspecified atom stereocenters. The highest BCUT2D eigenvalue weighted by atomic mass is 32.1. The molecule has 0 saturated heterocycles. The summed E-state index contributed by atoms with van der Waals surface area (Å²) in [7, 11) is 1.72. The molecule has 5 nitrogen and oxygen atoms in total. The lowest BCUT2D eigenvalue weighted by atomic mass is 10.4. The highest BCUT2D eigenvalue weighted by molar-refractivity contribution is 7.15. The molecule has 0 atom stereocenters. The Hall–Kier alpha value is -1.37. The van der Waals surface area contributed by atoms with E-state index in [1.165, 1.54) is 17.7 Å². The summed E-state index contributed by atoms with van der Waals surface area (Å²) in [5.74, 6) is 0.997. The molecule has 2 aromatic rings. The second kappa shape index (κ2) is 7.06. The molecule has 2 heterocycles. The van der Waals surface area contributed by atoms with E-state index in [0.717, 1.165) is 37.1 Å². The van der Waals surface area contributed by atoms with Gasteiger partial charge in [-0.1, -0.05) is 0 Å². The van der Waals surface area contributed by atoms with Crippen LogP contribution in [-0.2, 0) is 17.8 Å². The van der Waals surface area contributed by atoms with Crippen LogP contribution in [0.1, 0.15) is 23.5 Å². The maximum atomic E-state index is 5.47. The van der Waals surface area contributed by atoms with Gasteiger partial charge in [-0.05, 0) is 25.0 Å². The van der Waals surface area contributed by atoms with Crippen molar-refractivity contribution < 1.29 is 9.15 Å². The molecule has 1 aliphatic carbocycles. The van der Waals surface area contributed by atoms with Crippen LogP contribution in [0.15, 0.2) is 29.0 Å². The number of aromatic nitrogens is 1. The first kappa shape index (κ1) is 14.6. The first-order valence-corrected chi connectivity index (χ1v) is 8.12. The normalized spacial score (nSPS) is 14.5. The lowest BCUT2D eigenvalue weighted by molar-refractivity contribution is 0.199. The highest BCUT2D eigenvalue weighted by Crippen LogP contribution is 2.35. The Morgan fingerprint density at radius 2 is 2.43 bits per heavy atom. The van der Waals surface area contributed by atoms with Gasteiger partial charge in [0.2, 0.25) is 0 Å². The van der Waals surface area contributed by atoms with Crippen molar-refractivity contribution in [1.82, 2.24) is 10.3 Å². The quantitative estimate of drug-likeness (QED) is 0.722. The van der Waals surface area contributed by atoms with Gasteiger partial charge in [0.25, 0.3) is 0 Å². The van der Waals surface area contributed by atoms with Gasteiger partial charge in [0.1, 0.15) is 5.76 Å². The minimum atomic E-state index is 0.621. The van der Waals surface area contributed by atoms with Crippen molar-refractivity contribution in [2.75, 3.05) is 25.2 Å². The number of hydrogen-bond acceptors (Lipinski definition) is 6. The Balaban J connectivity index is 1.59. The Morgan fingerprint density at radius 3 is 3.14 bits per heavy atom. The molecule has 1 aliphatic rings. The van der Waals surface area contributed by atoms with E-state index in [1.54, 1.807) is 24.7 Å². The van der Waals surface area contributed by atoms with Crippen molar-refractivity contribution in [3.8, 4) is 0 Å². The number of hydrogen-bond donors (Lipinski definition) is 1. The lowest BCUT2D eigenvalue weighted by Gasteiger charge is -2.19. The van der Waals surface area contributed by atoms with E-state index in [4.69, 9.17) is 9.15 Å². The van der Waals surface area contributed by atoms with Crippen LogP contribution >= 0.6 is 11.3 Å². The largest absolute Gasteiger partial charge is 0.467 e. The fourth-order valence-electron chi connectivity index (χ4n) is 2.21. The minimum Gasteiger partial charge on any atom is -0.467 e. The van der Waals surface area contributed by atoms with Crippen molar-refractivity contribution in [2.45, 2.75) is 32.0 Å². The molecule has 1 N–H and O–H groups in total. The molecule has 0 spiro atoms. The lowest BCUT2D eigenvalue weighted by Crippen LogP contribution is -2.24. The van der Waals surface area contributed by atoms with E-state index < -0.39 is 0 Å². The predicted octanol–water partition coefficient (Wildman–Crippen LogP) is 2.64. The molecule has 114 valence electrons. The number of nitrogens with one attached hydrogen (secondary N) is 1.